The molecule has 6 heteroatoms. The summed E-state index contributed by atoms with van der Waals surface area (Å²) in [5.41, 5.74) is 6.01. The Morgan fingerprint density at radius 2 is 2.33 bits per heavy atom. The van der Waals surface area contributed by atoms with Gasteiger partial charge in [0.25, 0.3) is 5.91 Å². The van der Waals surface area contributed by atoms with E-state index in [-0.39, 0.29) is 0 Å². The van der Waals surface area contributed by atoms with Crippen LogP contribution in [-0.4, -0.2) is 40.0 Å². The molecule has 1 unspecified atom stereocenters. The summed E-state index contributed by atoms with van der Waals surface area (Å²) in [5.74, 6) is -1.93. The van der Waals surface area contributed by atoms with Crippen molar-refractivity contribution in [1.29, 1.82) is 0 Å². The fraction of sp³-hybridized carbons (Fsp3) is 0.333. The Balaban J connectivity index is 2.57. The summed E-state index contributed by atoms with van der Waals surface area (Å²) in [5, 5.41) is 8.55. The fourth-order valence-electron chi connectivity index (χ4n) is 1.14. The molecule has 0 saturated heterocycles. The highest BCUT2D eigenvalue weighted by atomic mass is 16.4. The number of amides is 1. The maximum atomic E-state index is 11.4. The number of aliphatic carboxylic acids is 1. The van der Waals surface area contributed by atoms with E-state index in [2.05, 4.69) is 4.98 Å². The van der Waals surface area contributed by atoms with Crippen LogP contribution in [0.2, 0.25) is 0 Å². The smallest absolute Gasteiger partial charge is 0.330 e. The van der Waals surface area contributed by atoms with Gasteiger partial charge in [-0.25, -0.2) is 4.79 Å². The van der Waals surface area contributed by atoms with Crippen LogP contribution in [0, 0.1) is 0 Å². The molecule has 1 atom stereocenters. The first kappa shape index (κ1) is 11.3. The van der Waals surface area contributed by atoms with Crippen molar-refractivity contribution in [3.05, 3.63) is 24.0 Å². The van der Waals surface area contributed by atoms with Crippen molar-refractivity contribution in [1.82, 2.24) is 9.88 Å². The second-order valence-corrected chi connectivity index (χ2v) is 3.21. The molecule has 0 aliphatic heterocycles. The Bertz CT molecular complexity index is 347. The van der Waals surface area contributed by atoms with Gasteiger partial charge in [0.1, 0.15) is 0 Å². The molecule has 0 saturated carbocycles. The quantitative estimate of drug-likeness (QED) is 0.578. The van der Waals surface area contributed by atoms with Crippen molar-refractivity contribution < 1.29 is 14.7 Å². The number of likely N-dealkylation sites (N-methyl/N-ethyl adjacent to an activating group) is 1. The van der Waals surface area contributed by atoms with E-state index in [1.165, 1.54) is 11.9 Å². The highest BCUT2D eigenvalue weighted by molar-refractivity contribution is 6.00. The number of carbonyl (C=O) groups is 2. The average molecular weight is 211 g/mol. The van der Waals surface area contributed by atoms with Crippen LogP contribution < -0.4 is 5.73 Å². The number of H-pyrrole nitrogens is 1. The van der Waals surface area contributed by atoms with Crippen LogP contribution in [0.15, 0.2) is 18.3 Å². The van der Waals surface area contributed by atoms with Crippen molar-refractivity contribution in [3.63, 3.8) is 0 Å². The van der Waals surface area contributed by atoms with Gasteiger partial charge in [-0.05, 0) is 12.1 Å². The lowest BCUT2D eigenvalue weighted by atomic mass is 10.2. The highest BCUT2D eigenvalue weighted by Gasteiger charge is 2.24. The average Bonchev–Trinajstić information content (AvgIpc) is 2.67. The van der Waals surface area contributed by atoms with Gasteiger partial charge >= 0.3 is 5.97 Å². The molecule has 1 aromatic rings. The molecule has 1 aromatic heterocycles. The van der Waals surface area contributed by atoms with E-state index in [0.29, 0.717) is 6.54 Å². The van der Waals surface area contributed by atoms with E-state index in [9.17, 15) is 9.59 Å². The van der Waals surface area contributed by atoms with Crippen LogP contribution in [0.3, 0.4) is 0 Å². The first-order valence-electron chi connectivity index (χ1n) is 4.38. The molecule has 0 aromatic carbocycles. The molecule has 6 nitrogen and oxygen atoms in total. The summed E-state index contributed by atoms with van der Waals surface area (Å²) in [6.45, 7) is 0.312. The molecule has 0 aliphatic rings. The van der Waals surface area contributed by atoms with E-state index >= 15 is 0 Å². The van der Waals surface area contributed by atoms with Crippen LogP contribution in [0.4, 0.5) is 0 Å². The maximum absolute atomic E-state index is 11.4. The van der Waals surface area contributed by atoms with E-state index in [4.69, 9.17) is 10.8 Å². The lowest BCUT2D eigenvalue weighted by Crippen LogP contribution is -2.46. The summed E-state index contributed by atoms with van der Waals surface area (Å²) in [4.78, 5) is 26.1. The van der Waals surface area contributed by atoms with Gasteiger partial charge in [0.15, 0.2) is 6.04 Å². The fourth-order valence-corrected chi connectivity index (χ4v) is 1.14. The summed E-state index contributed by atoms with van der Waals surface area (Å²) >= 11 is 0. The molecule has 0 bridgehead atoms. The van der Waals surface area contributed by atoms with Gasteiger partial charge in [-0.2, -0.15) is 0 Å². The summed E-state index contributed by atoms with van der Waals surface area (Å²) in [7, 11) is 1.51. The number of carbonyl (C=O) groups excluding carboxylic acids is 1. The zero-order chi connectivity index (χ0) is 11.4. The van der Waals surface area contributed by atoms with Crippen molar-refractivity contribution in [2.75, 3.05) is 7.05 Å². The third kappa shape index (κ3) is 2.81. The molecule has 1 amide bonds. The normalized spacial score (nSPS) is 12.1. The Morgan fingerprint density at radius 1 is 1.67 bits per heavy atom. The first-order valence-corrected chi connectivity index (χ1v) is 4.38. The predicted octanol–water partition coefficient (Wildman–Crippen LogP) is -0.615. The molecule has 0 aliphatic carbocycles. The van der Waals surface area contributed by atoms with Gasteiger partial charge in [-0.15, -0.1) is 0 Å². The number of rotatable bonds is 4. The number of aromatic nitrogens is 1. The molecule has 0 radical (unpaired) electrons. The van der Waals surface area contributed by atoms with Gasteiger partial charge in [-0.1, -0.05) is 0 Å². The van der Waals surface area contributed by atoms with Gasteiger partial charge in [0.2, 0.25) is 0 Å². The minimum absolute atomic E-state index is 0.312. The Labute approximate surface area is 86.7 Å². The number of hydrogen-bond donors (Lipinski definition) is 3. The molecule has 1 heterocycles. The number of nitrogens with one attached hydrogen (secondary N) is 1. The number of carboxylic acid groups (broad SMARTS) is 1. The second kappa shape index (κ2) is 4.61. The van der Waals surface area contributed by atoms with Crippen molar-refractivity contribution in [3.8, 4) is 0 Å². The minimum Gasteiger partial charge on any atom is -0.480 e. The molecule has 15 heavy (non-hydrogen) atoms. The van der Waals surface area contributed by atoms with Crippen molar-refractivity contribution >= 4 is 11.9 Å². The molecule has 0 spiro atoms. The standard InChI is InChI=1S/C9H13N3O3/c1-12(5-6-3-2-4-11-6)8(13)7(10)9(14)15/h2-4,7,11H,5,10H2,1H3,(H,14,15). The van der Waals surface area contributed by atoms with Gasteiger partial charge in [-0.3, -0.25) is 4.79 Å². The van der Waals surface area contributed by atoms with Crippen LogP contribution in [0.1, 0.15) is 5.69 Å². The number of hydrogen-bond acceptors (Lipinski definition) is 3. The molecular weight excluding hydrogens is 198 g/mol. The lowest BCUT2D eigenvalue weighted by Gasteiger charge is -2.18. The Kier molecular flexibility index (Phi) is 3.46. The third-order valence-electron chi connectivity index (χ3n) is 1.98. The van der Waals surface area contributed by atoms with E-state index in [1.807, 2.05) is 0 Å². The Hall–Kier alpha value is -1.82. The Morgan fingerprint density at radius 3 is 2.80 bits per heavy atom. The number of carboxylic acids is 1. The zero-order valence-electron chi connectivity index (χ0n) is 8.30. The second-order valence-electron chi connectivity index (χ2n) is 3.21. The summed E-state index contributed by atoms with van der Waals surface area (Å²) in [6.07, 6.45) is 1.73. The van der Waals surface area contributed by atoms with E-state index < -0.39 is 17.9 Å². The third-order valence-corrected chi connectivity index (χ3v) is 1.98. The monoisotopic (exact) mass is 211 g/mol. The minimum atomic E-state index is -1.50. The molecule has 4 N–H and O–H groups in total. The van der Waals surface area contributed by atoms with Crippen LogP contribution in [0.25, 0.3) is 0 Å². The van der Waals surface area contributed by atoms with Crippen LogP contribution in [0.5, 0.6) is 0 Å². The van der Waals surface area contributed by atoms with Gasteiger partial charge in [0, 0.05) is 18.9 Å². The number of aromatic amines is 1. The molecule has 0 fully saturated rings. The van der Waals surface area contributed by atoms with Crippen LogP contribution >= 0.6 is 0 Å². The van der Waals surface area contributed by atoms with Gasteiger partial charge in [0.05, 0.1) is 6.54 Å². The lowest BCUT2D eigenvalue weighted by molar-refractivity contribution is -0.146. The summed E-state index contributed by atoms with van der Waals surface area (Å²) < 4.78 is 0. The van der Waals surface area contributed by atoms with Crippen molar-refractivity contribution in [2.45, 2.75) is 12.6 Å². The van der Waals surface area contributed by atoms with E-state index in [1.54, 1.807) is 18.3 Å². The number of nitrogens with two attached hydrogens (primary N) is 1. The SMILES string of the molecule is CN(Cc1ccc[nH]1)C(=O)C(N)C(=O)O. The van der Waals surface area contributed by atoms with Gasteiger partial charge < -0.3 is 20.7 Å². The molecule has 1 rings (SSSR count). The highest BCUT2D eigenvalue weighted by Crippen LogP contribution is 2.01. The summed E-state index contributed by atoms with van der Waals surface area (Å²) in [6, 6.07) is 2.10. The van der Waals surface area contributed by atoms with Crippen LogP contribution in [-0.2, 0) is 16.1 Å². The zero-order valence-corrected chi connectivity index (χ0v) is 8.30. The van der Waals surface area contributed by atoms with Crippen molar-refractivity contribution in [2.24, 2.45) is 5.73 Å². The maximum Gasteiger partial charge on any atom is 0.330 e. The topological polar surface area (TPSA) is 99.4 Å². The molecular formula is C9H13N3O3. The first-order chi connectivity index (χ1) is 7.02. The molecule has 82 valence electrons. The predicted molar refractivity (Wildman–Crippen MR) is 52.9 cm³/mol. The van der Waals surface area contributed by atoms with E-state index in [0.717, 1.165) is 5.69 Å². The number of nitrogens with zero attached hydrogens (tertiary/aromatic N) is 1. The largest absolute Gasteiger partial charge is 0.480 e.